The maximum Gasteiger partial charge on any atom is 0.351 e. The first-order chi connectivity index (χ1) is 62.1. The summed E-state index contributed by atoms with van der Waals surface area (Å²) in [6, 6.07) is 4.11. The number of aryl methyl sites for hydroxylation is 2. The zero-order chi connectivity index (χ0) is 95.9. The molecule has 0 spiro atoms. The zero-order valence-electron chi connectivity index (χ0n) is 76.0. The molecule has 6 aliphatic rings. The van der Waals surface area contributed by atoms with Crippen molar-refractivity contribution in [3.05, 3.63) is 146 Å². The number of hydrogen-bond acceptors (Lipinski definition) is 36. The number of imidazole rings is 1. The summed E-state index contributed by atoms with van der Waals surface area (Å²) in [5, 5.41) is 0. The number of morpholine rings is 6. The standard InChI is InChI=1S/C72H117N29O25P6/c1-45(2)128(110,91-26-49(37-115-127(16,109)85(5)6)122-58(32-91)96-20-17-54(73)80-68(96)104)116-38-50-27-95(36-62(126-50)101-44-79-63-64(76)77-43-78-65(63)101)132(114,89(13)14)120-42-53-30-94(35-61(125-53)100-24-47(4)67(103)84-72(100)108)131(113,88(11)12)119-41-52-29-93(34-60(124-52)98-22-19-56(75)82-70(98)106)130(112,87(9)10)118-40-51-28-92(33-59(123-51)97-21-18-55(74)81-69(97)105)129(111,86(7)8)117-39-48-25-90(15)31-57(121-48)99-23-46(3)66(102)83-71(99)107/h17-24,43-45,48-53,57-62H,25-42H2,1-16H3,(H2,73,80,104)(H2,74,81,105)(H2,75,82,106)(H2,76,77,78)(H,83,102,107)(H,84,103,108)/t48-,49-,50-,51-,52-,53-,57+,58+,59+,60+,61+,62+,127?,128?,129?,130?,131?,132?/m0/s1. The molecule has 7 aromatic heterocycles. The highest BCUT2D eigenvalue weighted by molar-refractivity contribution is 7.57. The highest BCUT2D eigenvalue weighted by Crippen LogP contribution is 2.62. The summed E-state index contributed by atoms with van der Waals surface area (Å²) < 4.78 is 195. The molecule has 0 radical (unpaired) electrons. The fraction of sp³-hybridized carbons (Fsp3) is 0.653. The molecule has 132 heavy (non-hydrogen) atoms. The highest BCUT2D eigenvalue weighted by Gasteiger charge is 2.52. The largest absolute Gasteiger partial charge is 0.383 e. The molecule has 0 saturated carbocycles. The molecular weight excluding hydrogens is 1860 g/mol. The Bertz CT molecular complexity index is 6070. The zero-order valence-corrected chi connectivity index (χ0v) is 81.4. The van der Waals surface area contributed by atoms with Gasteiger partial charge in [0.15, 0.2) is 42.6 Å². The number of likely N-dealkylation sites (N-methyl/N-ethyl adjacent to an activating group) is 1. The highest BCUT2D eigenvalue weighted by atomic mass is 31.2. The van der Waals surface area contributed by atoms with E-state index in [1.165, 1.54) is 183 Å². The Morgan fingerprint density at radius 3 is 1.06 bits per heavy atom. The van der Waals surface area contributed by atoms with E-state index in [1.807, 2.05) is 4.90 Å². The number of nitrogens with zero attached hydrogens (tertiary/aromatic N) is 23. The number of nitrogen functional groups attached to an aromatic ring is 4. The first-order valence-corrected chi connectivity index (χ1v) is 51.7. The van der Waals surface area contributed by atoms with Crippen molar-refractivity contribution < 1.29 is 83.0 Å². The van der Waals surface area contributed by atoms with Gasteiger partial charge in [-0.05, 0) is 110 Å². The Labute approximate surface area is 757 Å². The minimum atomic E-state index is -4.56. The lowest BCUT2D eigenvalue weighted by molar-refractivity contribution is -0.135. The molecule has 730 valence electrons. The van der Waals surface area contributed by atoms with E-state index in [2.05, 4.69) is 39.9 Å². The van der Waals surface area contributed by atoms with Crippen LogP contribution in [0.2, 0.25) is 0 Å². The Balaban J connectivity index is 0.768. The molecule has 10 N–H and O–H groups in total. The normalized spacial score (nSPS) is 26.8. The summed E-state index contributed by atoms with van der Waals surface area (Å²) in [4.78, 5) is 125. The Morgan fingerprint density at radius 1 is 0.409 bits per heavy atom. The van der Waals surface area contributed by atoms with E-state index < -0.39 is 198 Å². The molecular formula is C72H117N29O25P6. The molecule has 13 heterocycles. The van der Waals surface area contributed by atoms with Gasteiger partial charge in [-0.25, -0.2) is 85.6 Å². The molecule has 0 amide bonds. The van der Waals surface area contributed by atoms with Crippen LogP contribution < -0.4 is 62.5 Å². The number of rotatable bonds is 35. The van der Waals surface area contributed by atoms with Crippen molar-refractivity contribution in [2.45, 2.75) is 107 Å². The van der Waals surface area contributed by atoms with E-state index in [4.69, 9.17) is 78.5 Å². The van der Waals surface area contributed by atoms with Crippen molar-refractivity contribution in [2.75, 3.05) is 225 Å². The van der Waals surface area contributed by atoms with Crippen molar-refractivity contribution in [1.29, 1.82) is 0 Å². The molecule has 0 aromatic carbocycles. The number of aromatic amines is 2. The second-order valence-electron chi connectivity index (χ2n) is 34.0. The molecule has 6 saturated heterocycles. The van der Waals surface area contributed by atoms with Gasteiger partial charge in [-0.3, -0.25) is 79.2 Å². The number of anilines is 4. The molecule has 7 aromatic rings. The van der Waals surface area contributed by atoms with Crippen molar-refractivity contribution in [1.82, 2.24) is 119 Å². The Kier molecular flexibility index (Phi) is 31.8. The smallest absolute Gasteiger partial charge is 0.351 e. The number of nitrogens with two attached hydrogens (primary N) is 4. The van der Waals surface area contributed by atoms with Gasteiger partial charge in [0.1, 0.15) is 35.5 Å². The van der Waals surface area contributed by atoms with Gasteiger partial charge in [0.25, 0.3) is 26.2 Å². The third kappa shape index (κ3) is 22.2. The van der Waals surface area contributed by atoms with E-state index in [9.17, 15) is 38.1 Å². The number of aromatic nitrogens is 14. The van der Waals surface area contributed by atoms with Gasteiger partial charge in [0.05, 0.1) is 115 Å². The predicted molar refractivity (Wildman–Crippen MR) is 480 cm³/mol. The van der Waals surface area contributed by atoms with Gasteiger partial charge in [-0.2, -0.15) is 15.0 Å². The van der Waals surface area contributed by atoms with Crippen LogP contribution in [-0.4, -0.2) is 364 Å². The molecule has 6 aliphatic heterocycles. The van der Waals surface area contributed by atoms with Crippen molar-refractivity contribution in [3.8, 4) is 0 Å². The van der Waals surface area contributed by atoms with E-state index >= 15 is 22.8 Å². The van der Waals surface area contributed by atoms with Gasteiger partial charge in [-0.15, -0.1) is 0 Å². The quantitative estimate of drug-likeness (QED) is 0.0290. The molecule has 6 fully saturated rings. The molecule has 0 bridgehead atoms. The fourth-order valence-electron chi connectivity index (χ4n) is 15.7. The van der Waals surface area contributed by atoms with Gasteiger partial charge in [-0.1, -0.05) is 13.8 Å². The summed E-state index contributed by atoms with van der Waals surface area (Å²) >= 11 is 0. The van der Waals surface area contributed by atoms with Crippen LogP contribution in [0.3, 0.4) is 0 Å². The summed E-state index contributed by atoms with van der Waals surface area (Å²) in [5.74, 6) is -0.253. The van der Waals surface area contributed by atoms with Crippen LogP contribution in [0.25, 0.3) is 11.2 Å². The first kappa shape index (κ1) is 102. The molecule has 60 heteroatoms. The third-order valence-corrected chi connectivity index (χ3v) is 38.1. The Hall–Kier alpha value is -7.79. The van der Waals surface area contributed by atoms with Crippen LogP contribution in [-0.2, 0) is 83.0 Å². The Morgan fingerprint density at radius 2 is 0.720 bits per heavy atom. The number of hydrogen-bond donors (Lipinski definition) is 6. The summed E-state index contributed by atoms with van der Waals surface area (Å²) in [5.41, 5.74) is 18.8. The van der Waals surface area contributed by atoms with Crippen LogP contribution in [0, 0.1) is 13.8 Å². The first-order valence-electron chi connectivity index (χ1n) is 41.9. The average Bonchev–Trinajstić information content (AvgIpc) is 1.11. The monoisotopic (exact) mass is 1970 g/mol. The van der Waals surface area contributed by atoms with Gasteiger partial charge >= 0.3 is 59.1 Å². The average molecular weight is 1970 g/mol. The second-order valence-corrected chi connectivity index (χ2v) is 50.0. The lowest BCUT2D eigenvalue weighted by Gasteiger charge is -2.46. The lowest BCUT2D eigenvalue weighted by atomic mass is 10.2. The maximum absolute atomic E-state index is 16.5. The molecule has 6 unspecified atom stereocenters. The van der Waals surface area contributed by atoms with E-state index in [1.54, 1.807) is 51.2 Å². The lowest BCUT2D eigenvalue weighted by Crippen LogP contribution is -2.52. The molecule has 18 atom stereocenters. The molecule has 0 aliphatic carbocycles. The fourth-order valence-corrected chi connectivity index (χ4v) is 26.7. The van der Waals surface area contributed by atoms with Crippen LogP contribution >= 0.6 is 45.7 Å². The second kappa shape index (κ2) is 41.3. The van der Waals surface area contributed by atoms with Crippen LogP contribution in [0.5, 0.6) is 0 Å². The van der Waals surface area contributed by atoms with E-state index in [0.717, 1.165) is 13.7 Å². The minimum absolute atomic E-state index is 0.0382. The van der Waals surface area contributed by atoms with Crippen molar-refractivity contribution in [2.24, 2.45) is 0 Å². The summed E-state index contributed by atoms with van der Waals surface area (Å²) in [6.07, 6.45) is -4.54. The van der Waals surface area contributed by atoms with E-state index in [-0.39, 0.29) is 131 Å². The maximum atomic E-state index is 16.5. The number of fused-ring (bicyclic) bond motifs is 1. The number of H-pyrrole nitrogens is 2. The summed E-state index contributed by atoms with van der Waals surface area (Å²) in [7, 11) is -8.31. The SMILES string of the molecule is Cc1cn([C@H]2CN(C)C[C@@H](COP(=O)(N(C)C)N3C[C@@H](COP(=O)(N(C)C)N4C[C@@H](COP(=O)(N(C)C)N5C[C@@H](COP(=O)(N(C)C)N6C[C@@H](COP(=O)(C(C)C)N7C[C@@H](COP(C)(=O)N(C)C)O[C@@H](n8ccc(N)nc8=O)C7)O[C@@H](n7cnc8c(N)ncnc87)C6)O[C@@H](n6cc(C)c(=O)[nH]c6=O)C5)O[C@@H](n5ccc(N)nc5=O)C4)O[C@@H](n4ccc(N)nc4=O)C3)O2)c(=O)[nH]c1=O. The molecule has 13 rings (SSSR count). The van der Waals surface area contributed by atoms with Crippen molar-refractivity contribution >= 4 is 80.2 Å². The number of ether oxygens (including phenoxy) is 6. The van der Waals surface area contributed by atoms with Crippen LogP contribution in [0.1, 0.15) is 62.3 Å². The summed E-state index contributed by atoms with van der Waals surface area (Å²) in [6.45, 7) is 2.82. The van der Waals surface area contributed by atoms with Gasteiger partial charge < -0.3 is 78.5 Å². The number of nitrogens with one attached hydrogen (secondary N) is 2. The van der Waals surface area contributed by atoms with E-state index in [0.29, 0.717) is 0 Å². The predicted octanol–water partition coefficient (Wildman–Crippen LogP) is 0.234. The van der Waals surface area contributed by atoms with Crippen molar-refractivity contribution in [3.63, 3.8) is 0 Å². The van der Waals surface area contributed by atoms with Crippen LogP contribution in [0.4, 0.5) is 23.3 Å². The minimum Gasteiger partial charge on any atom is -0.383 e. The third-order valence-electron chi connectivity index (χ3n) is 23.0. The topological polar surface area (TPSA) is 611 Å². The molecule has 54 nitrogen and oxygen atoms in total. The van der Waals surface area contributed by atoms with Gasteiger partial charge in [0, 0.05) is 100 Å². The van der Waals surface area contributed by atoms with Crippen LogP contribution in [0.15, 0.2) is 95.4 Å². The van der Waals surface area contributed by atoms with Gasteiger partial charge in [0.2, 0.25) is 0 Å².